The molecule has 0 saturated carbocycles. The Morgan fingerprint density at radius 1 is 1.38 bits per heavy atom. The number of hydrogen-bond donors (Lipinski definition) is 1. The molecule has 2 heterocycles. The van der Waals surface area contributed by atoms with E-state index in [4.69, 9.17) is 4.74 Å². The summed E-state index contributed by atoms with van der Waals surface area (Å²) in [5, 5.41) is 5.84. The smallest absolute Gasteiger partial charge is 0.122 e. The Hall–Kier alpha value is -0.840. The molecule has 0 amide bonds. The van der Waals surface area contributed by atoms with Crippen molar-refractivity contribution in [3.05, 3.63) is 50.1 Å². The van der Waals surface area contributed by atoms with E-state index in [9.17, 15) is 0 Å². The Morgan fingerprint density at radius 3 is 3.05 bits per heavy atom. The first-order valence-electron chi connectivity index (χ1n) is 7.48. The van der Waals surface area contributed by atoms with Crippen molar-refractivity contribution in [2.75, 3.05) is 13.2 Å². The van der Waals surface area contributed by atoms with Gasteiger partial charge in [0.1, 0.15) is 5.75 Å². The number of ether oxygens (including phenoxy) is 1. The number of rotatable bonds is 6. The molecule has 1 unspecified atom stereocenters. The van der Waals surface area contributed by atoms with Crippen LogP contribution in [0.2, 0.25) is 0 Å². The zero-order chi connectivity index (χ0) is 14.7. The van der Waals surface area contributed by atoms with Crippen molar-refractivity contribution in [1.82, 2.24) is 5.32 Å². The zero-order valence-corrected chi connectivity index (χ0v) is 14.6. The second kappa shape index (κ2) is 6.95. The van der Waals surface area contributed by atoms with Gasteiger partial charge in [-0.3, -0.25) is 0 Å². The van der Waals surface area contributed by atoms with E-state index in [1.54, 1.807) is 0 Å². The van der Waals surface area contributed by atoms with E-state index >= 15 is 0 Å². The lowest BCUT2D eigenvalue weighted by Crippen LogP contribution is -2.23. The Balaban J connectivity index is 1.80. The average molecular weight is 366 g/mol. The maximum atomic E-state index is 5.61. The van der Waals surface area contributed by atoms with Crippen LogP contribution in [-0.4, -0.2) is 13.2 Å². The van der Waals surface area contributed by atoms with Crippen LogP contribution >= 0.6 is 27.3 Å². The van der Waals surface area contributed by atoms with E-state index < -0.39 is 0 Å². The van der Waals surface area contributed by atoms with Crippen molar-refractivity contribution in [1.29, 1.82) is 0 Å². The van der Waals surface area contributed by atoms with Crippen molar-refractivity contribution in [3.63, 3.8) is 0 Å². The fraction of sp³-hybridized carbons (Fsp3) is 0.412. The van der Waals surface area contributed by atoms with Crippen molar-refractivity contribution in [2.45, 2.75) is 32.2 Å². The van der Waals surface area contributed by atoms with Crippen molar-refractivity contribution < 1.29 is 4.74 Å². The SMILES string of the molecule is CCCNC(Cc1cc(Br)cs1)c1ccc2c(c1)CCO2. The van der Waals surface area contributed by atoms with E-state index in [2.05, 4.69) is 57.8 Å². The van der Waals surface area contributed by atoms with E-state index in [0.29, 0.717) is 6.04 Å². The first kappa shape index (κ1) is 15.1. The summed E-state index contributed by atoms with van der Waals surface area (Å²) in [4.78, 5) is 1.41. The molecule has 21 heavy (non-hydrogen) atoms. The monoisotopic (exact) mass is 365 g/mol. The first-order valence-corrected chi connectivity index (χ1v) is 9.15. The highest BCUT2D eigenvalue weighted by atomic mass is 79.9. The average Bonchev–Trinajstić information content (AvgIpc) is 3.11. The number of benzene rings is 1. The fourth-order valence-corrected chi connectivity index (χ4v) is 4.21. The van der Waals surface area contributed by atoms with Gasteiger partial charge in [0.25, 0.3) is 0 Å². The van der Waals surface area contributed by atoms with Gasteiger partial charge in [0, 0.05) is 33.6 Å². The summed E-state index contributed by atoms with van der Waals surface area (Å²) >= 11 is 5.36. The van der Waals surface area contributed by atoms with Gasteiger partial charge >= 0.3 is 0 Å². The highest BCUT2D eigenvalue weighted by Gasteiger charge is 2.17. The summed E-state index contributed by atoms with van der Waals surface area (Å²) in [5.74, 6) is 1.06. The van der Waals surface area contributed by atoms with Crippen molar-refractivity contribution in [2.24, 2.45) is 0 Å². The van der Waals surface area contributed by atoms with E-state index in [1.165, 1.54) is 20.5 Å². The van der Waals surface area contributed by atoms with Gasteiger partial charge in [0.15, 0.2) is 0 Å². The summed E-state index contributed by atoms with van der Waals surface area (Å²) in [6.07, 6.45) is 3.23. The second-order valence-electron chi connectivity index (χ2n) is 5.41. The van der Waals surface area contributed by atoms with Crippen LogP contribution in [0.3, 0.4) is 0 Å². The minimum absolute atomic E-state index is 0.376. The molecule has 2 nitrogen and oxygen atoms in total. The molecular weight excluding hydrogens is 346 g/mol. The lowest BCUT2D eigenvalue weighted by Gasteiger charge is -2.19. The van der Waals surface area contributed by atoms with E-state index in [0.717, 1.165) is 38.2 Å². The Labute approximate surface area is 138 Å². The van der Waals surface area contributed by atoms with Crippen molar-refractivity contribution in [3.8, 4) is 5.75 Å². The molecule has 1 aliphatic rings. The molecular formula is C17H20BrNOS. The molecule has 1 aromatic heterocycles. The number of halogens is 1. The number of thiophene rings is 1. The summed E-state index contributed by atoms with van der Waals surface area (Å²) in [7, 11) is 0. The molecule has 0 spiro atoms. The molecule has 0 saturated heterocycles. The zero-order valence-electron chi connectivity index (χ0n) is 12.2. The third-order valence-corrected chi connectivity index (χ3v) is 5.50. The van der Waals surface area contributed by atoms with Gasteiger partial charge in [-0.15, -0.1) is 11.3 Å². The number of nitrogens with one attached hydrogen (secondary N) is 1. The molecule has 0 aliphatic carbocycles. The maximum Gasteiger partial charge on any atom is 0.122 e. The summed E-state index contributed by atoms with van der Waals surface area (Å²) < 4.78 is 6.79. The van der Waals surface area contributed by atoms with E-state index in [1.807, 2.05) is 11.3 Å². The summed E-state index contributed by atoms with van der Waals surface area (Å²) in [6.45, 7) is 4.08. The maximum absolute atomic E-state index is 5.61. The largest absolute Gasteiger partial charge is 0.493 e. The van der Waals surface area contributed by atoms with Gasteiger partial charge in [0.05, 0.1) is 6.61 Å². The van der Waals surface area contributed by atoms with Gasteiger partial charge in [-0.1, -0.05) is 19.1 Å². The Morgan fingerprint density at radius 2 is 2.29 bits per heavy atom. The number of hydrogen-bond acceptors (Lipinski definition) is 3. The standard InChI is InChI=1S/C17H20BrNOS/c1-2-6-19-16(10-15-9-14(18)11-21-15)12-3-4-17-13(8-12)5-7-20-17/h3-4,8-9,11,16,19H,2,5-7,10H2,1H3. The van der Waals surface area contributed by atoms with Gasteiger partial charge in [-0.2, -0.15) is 0 Å². The quantitative estimate of drug-likeness (QED) is 0.798. The first-order chi connectivity index (χ1) is 10.3. The van der Waals surface area contributed by atoms with Gasteiger partial charge in [-0.25, -0.2) is 0 Å². The molecule has 2 aromatic rings. The van der Waals surface area contributed by atoms with Crippen LogP contribution in [0.5, 0.6) is 5.75 Å². The number of fused-ring (bicyclic) bond motifs is 1. The van der Waals surface area contributed by atoms with E-state index in [-0.39, 0.29) is 0 Å². The molecule has 112 valence electrons. The van der Waals surface area contributed by atoms with Crippen LogP contribution in [-0.2, 0) is 12.8 Å². The van der Waals surface area contributed by atoms with Gasteiger partial charge in [-0.05, 0) is 52.2 Å². The molecule has 0 radical (unpaired) electrons. The van der Waals surface area contributed by atoms with Gasteiger partial charge < -0.3 is 10.1 Å². The normalized spacial score (nSPS) is 14.8. The summed E-state index contributed by atoms with van der Waals surface area (Å²) in [6, 6.07) is 9.25. The van der Waals surface area contributed by atoms with Crippen LogP contribution in [0, 0.1) is 0 Å². The summed E-state index contributed by atoms with van der Waals surface area (Å²) in [5.41, 5.74) is 2.72. The van der Waals surface area contributed by atoms with Crippen LogP contribution < -0.4 is 10.1 Å². The molecule has 4 heteroatoms. The van der Waals surface area contributed by atoms with Crippen molar-refractivity contribution >= 4 is 27.3 Å². The Bertz CT molecular complexity index is 611. The van der Waals surface area contributed by atoms with Crippen LogP contribution in [0.4, 0.5) is 0 Å². The third kappa shape index (κ3) is 3.68. The molecule has 1 aromatic carbocycles. The second-order valence-corrected chi connectivity index (χ2v) is 7.32. The minimum atomic E-state index is 0.376. The molecule has 3 rings (SSSR count). The van der Waals surface area contributed by atoms with Crippen LogP contribution in [0.1, 0.15) is 35.4 Å². The molecule has 1 N–H and O–H groups in total. The molecule has 1 aliphatic heterocycles. The molecule has 0 bridgehead atoms. The highest BCUT2D eigenvalue weighted by molar-refractivity contribution is 9.10. The predicted octanol–water partition coefficient (Wildman–Crippen LogP) is 4.73. The topological polar surface area (TPSA) is 21.3 Å². The van der Waals surface area contributed by atoms with Gasteiger partial charge in [0.2, 0.25) is 0 Å². The predicted molar refractivity (Wildman–Crippen MR) is 92.4 cm³/mol. The van der Waals surface area contributed by atoms with Crippen LogP contribution in [0.25, 0.3) is 0 Å². The molecule has 1 atom stereocenters. The minimum Gasteiger partial charge on any atom is -0.493 e. The Kier molecular flexibility index (Phi) is 4.99. The fourth-order valence-electron chi connectivity index (χ4n) is 2.71. The lowest BCUT2D eigenvalue weighted by molar-refractivity contribution is 0.356. The van der Waals surface area contributed by atoms with Crippen LogP contribution in [0.15, 0.2) is 34.1 Å². The lowest BCUT2D eigenvalue weighted by atomic mass is 9.99. The third-order valence-electron chi connectivity index (χ3n) is 3.78. The molecule has 0 fully saturated rings. The highest BCUT2D eigenvalue weighted by Crippen LogP contribution is 2.31.